The summed E-state index contributed by atoms with van der Waals surface area (Å²) in [5.74, 6) is 0. The van der Waals surface area contributed by atoms with Gasteiger partial charge in [-0.1, -0.05) is 6.08 Å². The average molecular weight is 183 g/mol. The van der Waals surface area contributed by atoms with E-state index < -0.39 is 0 Å². The molecule has 1 rings (SSSR count). The summed E-state index contributed by atoms with van der Waals surface area (Å²) in [6, 6.07) is 0.366. The lowest BCUT2D eigenvalue weighted by Gasteiger charge is -2.22. The zero-order valence-corrected chi connectivity index (χ0v) is 8.16. The summed E-state index contributed by atoms with van der Waals surface area (Å²) in [6.45, 7) is 4.52. The molecule has 0 aliphatic carbocycles. The highest BCUT2D eigenvalue weighted by Gasteiger charge is 2.28. The minimum atomic E-state index is -0.188. The Morgan fingerprint density at radius 3 is 3.15 bits per heavy atom. The molecule has 1 fully saturated rings. The van der Waals surface area contributed by atoms with Gasteiger partial charge in [0.25, 0.3) is 0 Å². The average Bonchev–Trinajstić information content (AvgIpc) is 2.61. The Balaban J connectivity index is 2.43. The highest BCUT2D eigenvalue weighted by atomic mass is 16.5. The first kappa shape index (κ1) is 10.1. The predicted octanol–water partition coefficient (Wildman–Crippen LogP) is 2.18. The van der Waals surface area contributed by atoms with E-state index in [0.29, 0.717) is 6.04 Å². The van der Waals surface area contributed by atoms with E-state index in [0.717, 1.165) is 32.2 Å². The molecule has 3 heteroatoms. The monoisotopic (exact) mass is 183 g/mol. The van der Waals surface area contributed by atoms with Crippen LogP contribution in [0.4, 0.5) is 4.79 Å². The SMILES string of the molecule is C=CCCC1CCCN1C(=O)OC. The molecule has 1 saturated heterocycles. The fourth-order valence-electron chi connectivity index (χ4n) is 1.80. The third-order valence-corrected chi connectivity index (χ3v) is 2.49. The van der Waals surface area contributed by atoms with Gasteiger partial charge in [0, 0.05) is 12.6 Å². The van der Waals surface area contributed by atoms with Crippen LogP contribution in [0.5, 0.6) is 0 Å². The number of allylic oxidation sites excluding steroid dienone is 1. The zero-order chi connectivity index (χ0) is 9.68. The number of amides is 1. The van der Waals surface area contributed by atoms with Crippen molar-refractivity contribution in [2.24, 2.45) is 0 Å². The molecule has 0 aromatic carbocycles. The maximum Gasteiger partial charge on any atom is 0.409 e. The van der Waals surface area contributed by atoms with Gasteiger partial charge in [0.05, 0.1) is 7.11 Å². The van der Waals surface area contributed by atoms with E-state index in [-0.39, 0.29) is 6.09 Å². The lowest BCUT2D eigenvalue weighted by atomic mass is 10.1. The van der Waals surface area contributed by atoms with E-state index >= 15 is 0 Å². The van der Waals surface area contributed by atoms with Gasteiger partial charge >= 0.3 is 6.09 Å². The molecular formula is C10H17NO2. The van der Waals surface area contributed by atoms with Crippen molar-refractivity contribution in [3.05, 3.63) is 12.7 Å². The minimum Gasteiger partial charge on any atom is -0.453 e. The number of carbonyl (C=O) groups is 1. The Bertz CT molecular complexity index is 191. The zero-order valence-electron chi connectivity index (χ0n) is 8.16. The Labute approximate surface area is 79.4 Å². The first-order chi connectivity index (χ1) is 6.29. The summed E-state index contributed by atoms with van der Waals surface area (Å²) >= 11 is 0. The summed E-state index contributed by atoms with van der Waals surface area (Å²) < 4.78 is 4.71. The van der Waals surface area contributed by atoms with Gasteiger partial charge in [0.1, 0.15) is 0 Å². The van der Waals surface area contributed by atoms with Crippen molar-refractivity contribution >= 4 is 6.09 Å². The molecule has 0 aromatic heterocycles. The molecule has 1 unspecified atom stereocenters. The van der Waals surface area contributed by atoms with Crippen LogP contribution in [0.15, 0.2) is 12.7 Å². The van der Waals surface area contributed by atoms with Gasteiger partial charge < -0.3 is 9.64 Å². The second-order valence-corrected chi connectivity index (χ2v) is 3.33. The van der Waals surface area contributed by atoms with Gasteiger partial charge in [0.2, 0.25) is 0 Å². The molecule has 0 saturated carbocycles. The van der Waals surface area contributed by atoms with Crippen LogP contribution in [0.25, 0.3) is 0 Å². The maximum atomic E-state index is 11.3. The number of ether oxygens (including phenoxy) is 1. The van der Waals surface area contributed by atoms with Gasteiger partial charge in [0.15, 0.2) is 0 Å². The summed E-state index contributed by atoms with van der Waals surface area (Å²) in [6.07, 6.45) is 5.89. The number of carbonyl (C=O) groups excluding carboxylic acids is 1. The quantitative estimate of drug-likeness (QED) is 0.628. The standard InChI is InChI=1S/C10H17NO2/c1-3-4-6-9-7-5-8-11(9)10(12)13-2/h3,9H,1,4-8H2,2H3. The lowest BCUT2D eigenvalue weighted by molar-refractivity contribution is 0.117. The van der Waals surface area contributed by atoms with E-state index in [4.69, 9.17) is 4.74 Å². The molecule has 1 aliphatic rings. The summed E-state index contributed by atoms with van der Waals surface area (Å²) in [7, 11) is 1.44. The van der Waals surface area contributed by atoms with Crippen LogP contribution in [0, 0.1) is 0 Å². The number of nitrogens with zero attached hydrogens (tertiary/aromatic N) is 1. The molecule has 0 radical (unpaired) electrons. The van der Waals surface area contributed by atoms with Gasteiger partial charge in [-0.2, -0.15) is 0 Å². The van der Waals surface area contributed by atoms with Crippen molar-refractivity contribution in [3.63, 3.8) is 0 Å². The molecule has 1 heterocycles. The van der Waals surface area contributed by atoms with Crippen LogP contribution in [-0.2, 0) is 4.74 Å². The van der Waals surface area contributed by atoms with Crippen molar-refractivity contribution in [2.45, 2.75) is 31.7 Å². The fraction of sp³-hybridized carbons (Fsp3) is 0.700. The number of rotatable bonds is 3. The van der Waals surface area contributed by atoms with Crippen LogP contribution >= 0.6 is 0 Å². The molecule has 0 aromatic rings. The Hall–Kier alpha value is -0.990. The second-order valence-electron chi connectivity index (χ2n) is 3.33. The molecule has 1 amide bonds. The van der Waals surface area contributed by atoms with Crippen LogP contribution in [0.1, 0.15) is 25.7 Å². The van der Waals surface area contributed by atoms with Crippen LogP contribution in [0.2, 0.25) is 0 Å². The van der Waals surface area contributed by atoms with Crippen molar-refractivity contribution in [1.29, 1.82) is 0 Å². The largest absolute Gasteiger partial charge is 0.453 e. The van der Waals surface area contributed by atoms with Gasteiger partial charge in [-0.15, -0.1) is 6.58 Å². The highest BCUT2D eigenvalue weighted by Crippen LogP contribution is 2.21. The highest BCUT2D eigenvalue weighted by molar-refractivity contribution is 5.68. The van der Waals surface area contributed by atoms with Crippen LogP contribution < -0.4 is 0 Å². The van der Waals surface area contributed by atoms with E-state index in [1.165, 1.54) is 7.11 Å². The summed E-state index contributed by atoms with van der Waals surface area (Å²) in [5.41, 5.74) is 0. The molecule has 1 aliphatic heterocycles. The fourth-order valence-corrected chi connectivity index (χ4v) is 1.80. The molecule has 3 nitrogen and oxygen atoms in total. The van der Waals surface area contributed by atoms with Gasteiger partial charge in [-0.05, 0) is 25.7 Å². The number of hydrogen-bond donors (Lipinski definition) is 0. The first-order valence-electron chi connectivity index (χ1n) is 4.75. The van der Waals surface area contributed by atoms with E-state index in [1.54, 1.807) is 0 Å². The van der Waals surface area contributed by atoms with Crippen molar-refractivity contribution < 1.29 is 9.53 Å². The maximum absolute atomic E-state index is 11.3. The van der Waals surface area contributed by atoms with E-state index in [2.05, 4.69) is 6.58 Å². The van der Waals surface area contributed by atoms with Gasteiger partial charge in [-0.3, -0.25) is 0 Å². The molecule has 1 atom stereocenters. The summed E-state index contributed by atoms with van der Waals surface area (Å²) in [5, 5.41) is 0. The lowest BCUT2D eigenvalue weighted by Crippen LogP contribution is -2.35. The smallest absolute Gasteiger partial charge is 0.409 e. The molecule has 13 heavy (non-hydrogen) atoms. The minimum absolute atomic E-state index is 0.188. The Morgan fingerprint density at radius 1 is 1.77 bits per heavy atom. The van der Waals surface area contributed by atoms with E-state index in [1.807, 2.05) is 11.0 Å². The predicted molar refractivity (Wildman–Crippen MR) is 51.6 cm³/mol. The first-order valence-corrected chi connectivity index (χ1v) is 4.75. The van der Waals surface area contributed by atoms with Crippen molar-refractivity contribution in [2.75, 3.05) is 13.7 Å². The second kappa shape index (κ2) is 4.90. The topological polar surface area (TPSA) is 29.5 Å². The molecule has 0 bridgehead atoms. The van der Waals surface area contributed by atoms with Crippen molar-refractivity contribution in [1.82, 2.24) is 4.90 Å². The number of likely N-dealkylation sites (tertiary alicyclic amines) is 1. The van der Waals surface area contributed by atoms with Crippen molar-refractivity contribution in [3.8, 4) is 0 Å². The number of hydrogen-bond acceptors (Lipinski definition) is 2. The molecule has 0 spiro atoms. The third kappa shape index (κ3) is 2.47. The summed E-state index contributed by atoms with van der Waals surface area (Å²) in [4.78, 5) is 13.1. The Morgan fingerprint density at radius 2 is 2.54 bits per heavy atom. The number of methoxy groups -OCH3 is 1. The van der Waals surface area contributed by atoms with Crippen LogP contribution in [0.3, 0.4) is 0 Å². The van der Waals surface area contributed by atoms with Gasteiger partial charge in [-0.25, -0.2) is 4.79 Å². The normalized spacial score (nSPS) is 21.6. The Kier molecular flexibility index (Phi) is 3.80. The molecule has 74 valence electrons. The van der Waals surface area contributed by atoms with Crippen LogP contribution in [-0.4, -0.2) is 30.7 Å². The molecule has 0 N–H and O–H groups in total. The van der Waals surface area contributed by atoms with E-state index in [9.17, 15) is 4.79 Å². The molecular weight excluding hydrogens is 166 g/mol. The third-order valence-electron chi connectivity index (χ3n) is 2.49.